The number of hydrogen-bond acceptors (Lipinski definition) is 5. The lowest BCUT2D eigenvalue weighted by Gasteiger charge is -2.09. The molecule has 0 aromatic rings. The van der Waals surface area contributed by atoms with Crippen LogP contribution in [-0.2, 0) is 14.3 Å². The molecule has 17 heavy (non-hydrogen) atoms. The first-order valence-corrected chi connectivity index (χ1v) is 7.08. The molecule has 1 aliphatic rings. The van der Waals surface area contributed by atoms with E-state index in [0.29, 0.717) is 30.6 Å². The van der Waals surface area contributed by atoms with E-state index in [9.17, 15) is 9.59 Å². The van der Waals surface area contributed by atoms with Gasteiger partial charge in [0.05, 0.1) is 6.61 Å². The summed E-state index contributed by atoms with van der Waals surface area (Å²) in [5.41, 5.74) is 5.61. The quantitative estimate of drug-likeness (QED) is 0.484. The number of nitrogens with one attached hydrogen (secondary N) is 1. The van der Waals surface area contributed by atoms with Crippen molar-refractivity contribution in [3.8, 4) is 0 Å². The Hall–Kier alpha value is -0.750. The van der Waals surface area contributed by atoms with Gasteiger partial charge < -0.3 is 15.8 Å². The lowest BCUT2D eigenvalue weighted by molar-refractivity contribution is -0.144. The number of hydrogen-bond donors (Lipinski definition) is 2. The molecular formula is C11H20N2O3S. The second kappa shape index (κ2) is 7.55. The van der Waals surface area contributed by atoms with Crippen LogP contribution in [0.1, 0.15) is 26.2 Å². The van der Waals surface area contributed by atoms with E-state index in [0.717, 1.165) is 12.8 Å². The van der Waals surface area contributed by atoms with Gasteiger partial charge in [0.2, 0.25) is 5.91 Å². The molecular weight excluding hydrogens is 240 g/mol. The number of carbonyl (C=O) groups is 2. The number of carbonyl (C=O) groups excluding carboxylic acids is 2. The van der Waals surface area contributed by atoms with E-state index in [1.807, 2.05) is 0 Å². The maximum absolute atomic E-state index is 11.3. The van der Waals surface area contributed by atoms with Gasteiger partial charge in [-0.3, -0.25) is 9.59 Å². The van der Waals surface area contributed by atoms with Gasteiger partial charge in [0.1, 0.15) is 6.04 Å². The van der Waals surface area contributed by atoms with Crippen molar-refractivity contribution in [2.24, 2.45) is 5.73 Å². The normalized spacial score (nSPS) is 16.4. The van der Waals surface area contributed by atoms with Crippen LogP contribution < -0.4 is 11.1 Å². The minimum atomic E-state index is -0.591. The van der Waals surface area contributed by atoms with Crippen LogP contribution in [0.2, 0.25) is 0 Å². The standard InChI is InChI=1S/C11H20N2O3S/c1-2-16-11(15)9(12)7-17-6-5-10(14)13-8-3-4-8/h8-9H,2-7,12H2,1H3,(H,13,14). The molecule has 0 bridgehead atoms. The topological polar surface area (TPSA) is 81.4 Å². The summed E-state index contributed by atoms with van der Waals surface area (Å²) >= 11 is 1.50. The summed E-state index contributed by atoms with van der Waals surface area (Å²) in [5, 5.41) is 2.91. The van der Waals surface area contributed by atoms with E-state index in [1.165, 1.54) is 11.8 Å². The Balaban J connectivity index is 1.98. The summed E-state index contributed by atoms with van der Waals surface area (Å²) in [6.07, 6.45) is 2.69. The molecule has 1 saturated carbocycles. The highest BCUT2D eigenvalue weighted by Gasteiger charge is 2.22. The average Bonchev–Trinajstić information content (AvgIpc) is 3.08. The van der Waals surface area contributed by atoms with Gasteiger partial charge in [0, 0.05) is 24.0 Å². The van der Waals surface area contributed by atoms with Gasteiger partial charge in [-0.2, -0.15) is 11.8 Å². The first-order valence-electron chi connectivity index (χ1n) is 5.92. The molecule has 0 aliphatic heterocycles. The molecule has 5 nitrogen and oxygen atoms in total. The molecule has 98 valence electrons. The Kier molecular flexibility index (Phi) is 6.36. The zero-order valence-electron chi connectivity index (χ0n) is 10.1. The van der Waals surface area contributed by atoms with Crippen LogP contribution in [0.4, 0.5) is 0 Å². The van der Waals surface area contributed by atoms with E-state index in [4.69, 9.17) is 10.5 Å². The van der Waals surface area contributed by atoms with E-state index < -0.39 is 6.04 Å². The first-order chi connectivity index (χ1) is 8.13. The molecule has 1 fully saturated rings. The molecule has 0 radical (unpaired) electrons. The van der Waals surface area contributed by atoms with Gasteiger partial charge in [-0.25, -0.2) is 0 Å². The van der Waals surface area contributed by atoms with Crippen LogP contribution in [0.5, 0.6) is 0 Å². The van der Waals surface area contributed by atoms with Crippen molar-refractivity contribution in [2.75, 3.05) is 18.1 Å². The van der Waals surface area contributed by atoms with Gasteiger partial charge in [0.25, 0.3) is 0 Å². The molecule has 1 unspecified atom stereocenters. The van der Waals surface area contributed by atoms with Crippen LogP contribution in [0.25, 0.3) is 0 Å². The minimum absolute atomic E-state index is 0.0877. The van der Waals surface area contributed by atoms with Gasteiger partial charge >= 0.3 is 5.97 Å². The number of amides is 1. The molecule has 0 spiro atoms. The molecule has 3 N–H and O–H groups in total. The first kappa shape index (κ1) is 14.3. The third-order valence-electron chi connectivity index (χ3n) is 2.30. The van der Waals surface area contributed by atoms with Crippen molar-refractivity contribution in [2.45, 2.75) is 38.3 Å². The van der Waals surface area contributed by atoms with Crippen LogP contribution in [0.15, 0.2) is 0 Å². The Bertz CT molecular complexity index is 269. The SMILES string of the molecule is CCOC(=O)C(N)CSCCC(=O)NC1CC1. The Morgan fingerprint density at radius 2 is 2.24 bits per heavy atom. The number of nitrogens with two attached hydrogens (primary N) is 1. The highest BCUT2D eigenvalue weighted by atomic mass is 32.2. The average molecular weight is 260 g/mol. The van der Waals surface area contributed by atoms with Crippen molar-refractivity contribution in [1.29, 1.82) is 0 Å². The largest absolute Gasteiger partial charge is 0.465 e. The summed E-state index contributed by atoms with van der Waals surface area (Å²) in [5.74, 6) is 0.897. The molecule has 1 amide bonds. The van der Waals surface area contributed by atoms with Crippen molar-refractivity contribution < 1.29 is 14.3 Å². The van der Waals surface area contributed by atoms with E-state index in [2.05, 4.69) is 5.32 Å². The van der Waals surface area contributed by atoms with Crippen molar-refractivity contribution in [1.82, 2.24) is 5.32 Å². The molecule has 0 aromatic carbocycles. The predicted octanol–water partition coefficient (Wildman–Crippen LogP) is 0.279. The molecule has 6 heteroatoms. The monoisotopic (exact) mass is 260 g/mol. The van der Waals surface area contributed by atoms with Crippen molar-refractivity contribution in [3.63, 3.8) is 0 Å². The third-order valence-corrected chi connectivity index (χ3v) is 3.39. The van der Waals surface area contributed by atoms with Crippen LogP contribution in [0, 0.1) is 0 Å². The fraction of sp³-hybridized carbons (Fsp3) is 0.818. The molecule has 1 atom stereocenters. The Labute approximate surface area is 106 Å². The maximum atomic E-state index is 11.3. The van der Waals surface area contributed by atoms with Gasteiger partial charge in [-0.15, -0.1) is 0 Å². The van der Waals surface area contributed by atoms with Crippen LogP contribution in [-0.4, -0.2) is 42.1 Å². The Morgan fingerprint density at radius 1 is 1.53 bits per heavy atom. The number of ether oxygens (including phenoxy) is 1. The minimum Gasteiger partial charge on any atom is -0.465 e. The zero-order chi connectivity index (χ0) is 12.7. The van der Waals surface area contributed by atoms with Crippen molar-refractivity contribution >= 4 is 23.6 Å². The fourth-order valence-corrected chi connectivity index (χ4v) is 2.11. The summed E-state index contributed by atoms with van der Waals surface area (Å²) in [6.45, 7) is 2.10. The lowest BCUT2D eigenvalue weighted by Crippen LogP contribution is -2.34. The van der Waals surface area contributed by atoms with Crippen LogP contribution in [0.3, 0.4) is 0 Å². The third kappa shape index (κ3) is 6.53. The second-order valence-corrected chi connectivity index (χ2v) is 5.18. The fourth-order valence-electron chi connectivity index (χ4n) is 1.22. The number of thioether (sulfide) groups is 1. The van der Waals surface area contributed by atoms with Crippen LogP contribution >= 0.6 is 11.8 Å². The van der Waals surface area contributed by atoms with E-state index in [1.54, 1.807) is 6.92 Å². The smallest absolute Gasteiger partial charge is 0.323 e. The molecule has 0 aromatic heterocycles. The number of rotatable bonds is 8. The zero-order valence-corrected chi connectivity index (χ0v) is 10.9. The van der Waals surface area contributed by atoms with Gasteiger partial charge in [0.15, 0.2) is 0 Å². The highest BCUT2D eigenvalue weighted by molar-refractivity contribution is 7.99. The summed E-state index contributed by atoms with van der Waals surface area (Å²) in [6, 6.07) is -0.180. The lowest BCUT2D eigenvalue weighted by atomic mass is 10.4. The van der Waals surface area contributed by atoms with Crippen molar-refractivity contribution in [3.05, 3.63) is 0 Å². The Morgan fingerprint density at radius 3 is 2.82 bits per heavy atom. The molecule has 0 saturated heterocycles. The maximum Gasteiger partial charge on any atom is 0.323 e. The molecule has 0 heterocycles. The molecule has 1 rings (SSSR count). The predicted molar refractivity (Wildman–Crippen MR) is 67.7 cm³/mol. The summed E-state index contributed by atoms with van der Waals surface area (Å²) < 4.78 is 4.79. The van der Waals surface area contributed by atoms with Gasteiger partial charge in [-0.1, -0.05) is 0 Å². The highest BCUT2D eigenvalue weighted by Crippen LogP contribution is 2.18. The summed E-state index contributed by atoms with van der Waals surface area (Å²) in [4.78, 5) is 22.5. The van der Waals surface area contributed by atoms with E-state index >= 15 is 0 Å². The number of esters is 1. The summed E-state index contributed by atoms with van der Waals surface area (Å²) in [7, 11) is 0. The van der Waals surface area contributed by atoms with Gasteiger partial charge in [-0.05, 0) is 19.8 Å². The van der Waals surface area contributed by atoms with E-state index in [-0.39, 0.29) is 11.9 Å². The molecule has 1 aliphatic carbocycles. The second-order valence-electron chi connectivity index (χ2n) is 4.03.